The lowest BCUT2D eigenvalue weighted by molar-refractivity contribution is -0.150. The summed E-state index contributed by atoms with van der Waals surface area (Å²) in [5.74, 6) is 0.544. The average molecular weight is 798 g/mol. The lowest BCUT2D eigenvalue weighted by atomic mass is 9.82. The molecule has 58 heavy (non-hydrogen) atoms. The number of anilines is 2. The van der Waals surface area contributed by atoms with Crippen LogP contribution >= 0.6 is 0 Å². The van der Waals surface area contributed by atoms with Gasteiger partial charge in [-0.2, -0.15) is 0 Å². The van der Waals surface area contributed by atoms with Crippen LogP contribution in [0.5, 0.6) is 11.5 Å². The van der Waals surface area contributed by atoms with Crippen LogP contribution < -0.4 is 24.9 Å². The number of amides is 3. The second-order valence-corrected chi connectivity index (χ2v) is 20.4. The van der Waals surface area contributed by atoms with E-state index in [0.29, 0.717) is 23.5 Å². The smallest absolute Gasteiger partial charge is 0.264 e. The summed E-state index contributed by atoms with van der Waals surface area (Å²) in [7, 11) is 0.707. The third kappa shape index (κ3) is 7.77. The quantitative estimate of drug-likeness (QED) is 0.115. The zero-order chi connectivity index (χ0) is 41.0. The minimum Gasteiger partial charge on any atom is -0.497 e. The first-order chi connectivity index (χ1) is 28.0. The molecule has 0 aromatic heterocycles. The number of carbonyl (C=O) groups is 3. The molecule has 3 amide bonds. The van der Waals surface area contributed by atoms with Crippen molar-refractivity contribution in [1.82, 2.24) is 4.90 Å². The van der Waals surface area contributed by atoms with Crippen LogP contribution in [-0.4, -0.2) is 69.3 Å². The van der Waals surface area contributed by atoms with Crippen molar-refractivity contribution in [3.63, 3.8) is 0 Å². The number of para-hydroxylation sites is 1. The summed E-state index contributed by atoms with van der Waals surface area (Å²) in [6.45, 7) is 7.30. The maximum absolute atomic E-state index is 15.3. The Balaban J connectivity index is 1.22. The summed E-state index contributed by atoms with van der Waals surface area (Å²) in [4.78, 5) is 46.3. The van der Waals surface area contributed by atoms with Gasteiger partial charge in [0.1, 0.15) is 11.5 Å². The lowest BCUT2D eigenvalue weighted by Crippen LogP contribution is -2.52. The molecule has 1 saturated heterocycles. The number of nitrogens with zero attached hydrogens (tertiary/aromatic N) is 2. The second kappa shape index (κ2) is 17.0. The molecule has 7 rings (SSSR count). The van der Waals surface area contributed by atoms with Crippen molar-refractivity contribution < 1.29 is 33.7 Å². The summed E-state index contributed by atoms with van der Waals surface area (Å²) in [6, 6.07) is 40.1. The van der Waals surface area contributed by atoms with Crippen molar-refractivity contribution in [2.24, 2.45) is 5.92 Å². The topological polar surface area (TPSA) is 118 Å². The standard InChI is InChI=1S/C47H51N3O7Si/c1-32-44(58(4,5)39-24-22-38(56-3)23-25-39)42(29-43(52)49(26-27-51)30-33-12-7-6-8-13-33)57-47(32)40-16-9-10-17-41(40)50(46(47)54)31-34-14-11-15-36(28-34)48-45(53)35-18-20-37(55-2)21-19-35/h6-25,28,32,42,44,51H,26-27,29-31H2,1-5H3,(H,48,53)/t32-,42+,44-,47+/m1/s1. The first-order valence-corrected chi connectivity index (χ1v) is 22.8. The molecule has 5 aromatic rings. The van der Waals surface area contributed by atoms with Crippen molar-refractivity contribution in [2.75, 3.05) is 37.6 Å². The Morgan fingerprint density at radius 1 is 0.845 bits per heavy atom. The molecule has 0 bridgehead atoms. The number of rotatable bonds is 14. The number of fused-ring (bicyclic) bond motifs is 2. The van der Waals surface area contributed by atoms with Gasteiger partial charge in [-0.15, -0.1) is 0 Å². The normalized spacial score (nSPS) is 19.9. The Bertz CT molecular complexity index is 2250. The SMILES string of the molecule is COc1ccc(C(=O)Nc2cccc(CN3C(=O)[C@@]4(O[C@@H](CC(=O)N(CCO)Cc5ccccc5)[C@H]([Si](C)(C)c5ccc(OC)cc5)[C@H]4C)c4ccccc43)c2)cc1. The van der Waals surface area contributed by atoms with Gasteiger partial charge in [-0.05, 0) is 71.3 Å². The van der Waals surface area contributed by atoms with Gasteiger partial charge in [0.05, 0.1) is 53.7 Å². The number of hydrogen-bond donors (Lipinski definition) is 2. The molecule has 0 unspecified atom stereocenters. The van der Waals surface area contributed by atoms with Crippen molar-refractivity contribution >= 4 is 42.4 Å². The van der Waals surface area contributed by atoms with Crippen LogP contribution in [-0.2, 0) is 33.0 Å². The number of hydrogen-bond acceptors (Lipinski definition) is 7. The molecule has 11 heteroatoms. The lowest BCUT2D eigenvalue weighted by Gasteiger charge is -2.37. The van der Waals surface area contributed by atoms with Crippen LogP contribution in [0.3, 0.4) is 0 Å². The first-order valence-electron chi connectivity index (χ1n) is 19.7. The summed E-state index contributed by atoms with van der Waals surface area (Å²) in [5, 5.41) is 14.2. The molecule has 1 spiro atoms. The van der Waals surface area contributed by atoms with Crippen LogP contribution in [0.4, 0.5) is 11.4 Å². The summed E-state index contributed by atoms with van der Waals surface area (Å²) < 4.78 is 17.9. The number of nitrogens with one attached hydrogen (secondary N) is 1. The van der Waals surface area contributed by atoms with Crippen LogP contribution in [0.2, 0.25) is 18.6 Å². The molecule has 5 aromatic carbocycles. The van der Waals surface area contributed by atoms with Gasteiger partial charge in [0.25, 0.3) is 11.8 Å². The first kappa shape index (κ1) is 40.4. The molecular formula is C47H51N3O7Si. The van der Waals surface area contributed by atoms with Gasteiger partial charge in [-0.1, -0.05) is 98.0 Å². The van der Waals surface area contributed by atoms with E-state index < -0.39 is 19.8 Å². The fourth-order valence-electron chi connectivity index (χ4n) is 9.02. The zero-order valence-electron chi connectivity index (χ0n) is 33.7. The molecule has 300 valence electrons. The van der Waals surface area contributed by atoms with E-state index >= 15 is 4.79 Å². The Morgan fingerprint density at radius 2 is 1.48 bits per heavy atom. The van der Waals surface area contributed by atoms with Crippen molar-refractivity contribution in [3.8, 4) is 11.5 Å². The number of aliphatic hydroxyl groups is 1. The Morgan fingerprint density at radius 3 is 2.16 bits per heavy atom. The molecule has 2 heterocycles. The van der Waals surface area contributed by atoms with E-state index in [4.69, 9.17) is 14.2 Å². The second-order valence-electron chi connectivity index (χ2n) is 15.7. The highest BCUT2D eigenvalue weighted by Gasteiger charge is 2.66. The number of ether oxygens (including phenoxy) is 3. The molecular weight excluding hydrogens is 747 g/mol. The minimum absolute atomic E-state index is 0.0571. The van der Waals surface area contributed by atoms with E-state index in [2.05, 4.69) is 37.5 Å². The van der Waals surface area contributed by atoms with Gasteiger partial charge >= 0.3 is 0 Å². The van der Waals surface area contributed by atoms with Crippen molar-refractivity contribution in [3.05, 3.63) is 150 Å². The van der Waals surface area contributed by atoms with Crippen LogP contribution in [0.25, 0.3) is 0 Å². The van der Waals surface area contributed by atoms with E-state index in [1.54, 1.807) is 48.3 Å². The highest BCUT2D eigenvalue weighted by Crippen LogP contribution is 2.60. The summed E-state index contributed by atoms with van der Waals surface area (Å²) in [5.41, 5.74) is 2.94. The number of benzene rings is 5. The van der Waals surface area contributed by atoms with Crippen molar-refractivity contribution in [1.29, 1.82) is 0 Å². The number of carbonyl (C=O) groups excluding carboxylic acids is 3. The molecule has 2 N–H and O–H groups in total. The number of methoxy groups -OCH3 is 2. The molecule has 0 radical (unpaired) electrons. The molecule has 2 aliphatic heterocycles. The van der Waals surface area contributed by atoms with Gasteiger partial charge in [0, 0.05) is 35.8 Å². The maximum atomic E-state index is 15.3. The Kier molecular flexibility index (Phi) is 11.9. The van der Waals surface area contributed by atoms with Crippen LogP contribution in [0, 0.1) is 5.92 Å². The fourth-order valence-corrected chi connectivity index (χ4v) is 13.0. The van der Waals surface area contributed by atoms with E-state index in [9.17, 15) is 14.7 Å². The predicted molar refractivity (Wildman–Crippen MR) is 228 cm³/mol. The summed E-state index contributed by atoms with van der Waals surface area (Å²) >= 11 is 0. The highest BCUT2D eigenvalue weighted by atomic mass is 28.3. The molecule has 1 fully saturated rings. The van der Waals surface area contributed by atoms with Gasteiger partial charge in [-0.25, -0.2) is 0 Å². The Hall–Kier alpha value is -5.75. The van der Waals surface area contributed by atoms with Gasteiger partial charge in [0.2, 0.25) is 5.91 Å². The van der Waals surface area contributed by atoms with Crippen LogP contribution in [0.15, 0.2) is 127 Å². The largest absolute Gasteiger partial charge is 0.497 e. The molecule has 2 aliphatic rings. The van der Waals surface area contributed by atoms with E-state index in [1.807, 2.05) is 91.0 Å². The van der Waals surface area contributed by atoms with Gasteiger partial charge < -0.3 is 34.4 Å². The van der Waals surface area contributed by atoms with E-state index in [0.717, 1.165) is 28.1 Å². The Labute approximate surface area is 341 Å². The maximum Gasteiger partial charge on any atom is 0.264 e. The van der Waals surface area contributed by atoms with Crippen molar-refractivity contribution in [2.45, 2.75) is 56.8 Å². The molecule has 4 atom stereocenters. The number of aliphatic hydroxyl groups excluding tert-OH is 1. The predicted octanol–water partition coefficient (Wildman–Crippen LogP) is 7.13. The van der Waals surface area contributed by atoms with Gasteiger partial charge in [-0.3, -0.25) is 14.4 Å². The third-order valence-electron chi connectivity index (χ3n) is 11.9. The van der Waals surface area contributed by atoms with E-state index in [-0.39, 0.29) is 55.3 Å². The molecule has 0 saturated carbocycles. The third-order valence-corrected chi connectivity index (χ3v) is 16.3. The molecule has 10 nitrogen and oxygen atoms in total. The zero-order valence-corrected chi connectivity index (χ0v) is 34.7. The fraction of sp³-hybridized carbons (Fsp3) is 0.298. The van der Waals surface area contributed by atoms with E-state index in [1.165, 1.54) is 5.19 Å². The monoisotopic (exact) mass is 797 g/mol. The minimum atomic E-state index is -2.52. The molecule has 0 aliphatic carbocycles. The van der Waals surface area contributed by atoms with Gasteiger partial charge in [0.15, 0.2) is 5.60 Å². The van der Waals surface area contributed by atoms with Crippen LogP contribution in [0.1, 0.15) is 40.4 Å². The average Bonchev–Trinajstić information content (AvgIpc) is 3.67. The highest BCUT2D eigenvalue weighted by molar-refractivity contribution is 6.91. The summed E-state index contributed by atoms with van der Waals surface area (Å²) in [6.07, 6.45) is -0.529.